The molecule has 0 saturated heterocycles. The second-order valence-electron chi connectivity index (χ2n) is 5.98. The fraction of sp³-hybridized carbons (Fsp3) is 0.294. The van der Waals surface area contributed by atoms with E-state index < -0.39 is 11.9 Å². The van der Waals surface area contributed by atoms with Crippen molar-refractivity contribution >= 4 is 63.3 Å². The van der Waals surface area contributed by atoms with Crippen molar-refractivity contribution in [3.05, 3.63) is 44.2 Å². The van der Waals surface area contributed by atoms with E-state index in [9.17, 15) is 14.4 Å². The van der Waals surface area contributed by atoms with E-state index >= 15 is 0 Å². The summed E-state index contributed by atoms with van der Waals surface area (Å²) in [6, 6.07) is 4.29. The Kier molecular flexibility index (Phi) is 7.45. The molecule has 1 aromatic carbocycles. The van der Waals surface area contributed by atoms with E-state index in [0.29, 0.717) is 44.8 Å². The molecule has 0 spiro atoms. The number of primary amides is 1. The first-order chi connectivity index (χ1) is 13.1. The van der Waals surface area contributed by atoms with E-state index in [1.807, 2.05) is 0 Å². The van der Waals surface area contributed by atoms with Gasteiger partial charge in [0.15, 0.2) is 10.6 Å². The van der Waals surface area contributed by atoms with Crippen molar-refractivity contribution in [2.24, 2.45) is 5.73 Å². The molecule has 0 aliphatic rings. The maximum atomic E-state index is 12.8. The number of amides is 4. The van der Waals surface area contributed by atoms with Crippen LogP contribution in [0.1, 0.15) is 17.7 Å². The van der Waals surface area contributed by atoms with Crippen molar-refractivity contribution in [2.45, 2.75) is 26.4 Å². The lowest BCUT2D eigenvalue weighted by molar-refractivity contribution is -0.118. The molecule has 2 aromatic rings. The Bertz CT molecular complexity index is 918. The fourth-order valence-corrected chi connectivity index (χ4v) is 3.49. The van der Waals surface area contributed by atoms with Crippen molar-refractivity contribution < 1.29 is 14.4 Å². The highest BCUT2D eigenvalue weighted by molar-refractivity contribution is 9.10. The Morgan fingerprint density at radius 3 is 2.57 bits per heavy atom. The van der Waals surface area contributed by atoms with E-state index in [0.717, 1.165) is 4.90 Å². The van der Waals surface area contributed by atoms with Crippen molar-refractivity contribution in [3.63, 3.8) is 0 Å². The molecule has 11 heteroatoms. The zero-order valence-electron chi connectivity index (χ0n) is 15.2. The van der Waals surface area contributed by atoms with Gasteiger partial charge in [-0.3, -0.25) is 19.4 Å². The number of urea groups is 1. The molecule has 8 nitrogen and oxygen atoms in total. The van der Waals surface area contributed by atoms with E-state index in [4.69, 9.17) is 28.9 Å². The van der Waals surface area contributed by atoms with Crippen molar-refractivity contribution in [1.82, 2.24) is 14.5 Å². The van der Waals surface area contributed by atoms with Crippen molar-refractivity contribution in [3.8, 4) is 0 Å². The normalized spacial score (nSPS) is 10.6. The van der Waals surface area contributed by atoms with Crippen LogP contribution in [0, 0.1) is 6.92 Å². The van der Waals surface area contributed by atoms with Gasteiger partial charge in [0.1, 0.15) is 0 Å². The Labute approximate surface area is 180 Å². The number of hydrogen-bond donors (Lipinski definition) is 1. The number of imidazole rings is 1. The molecule has 0 fully saturated rings. The first-order valence-corrected chi connectivity index (χ1v) is 9.65. The number of rotatable bonds is 7. The second kappa shape index (κ2) is 9.40. The van der Waals surface area contributed by atoms with Crippen molar-refractivity contribution in [2.75, 3.05) is 11.9 Å². The van der Waals surface area contributed by atoms with Gasteiger partial charge in [-0.05, 0) is 40.5 Å². The third-order valence-corrected chi connectivity index (χ3v) is 5.39. The highest BCUT2D eigenvalue weighted by Gasteiger charge is 2.24. The van der Waals surface area contributed by atoms with Gasteiger partial charge >= 0.3 is 6.03 Å². The largest absolute Gasteiger partial charge is 0.370 e. The van der Waals surface area contributed by atoms with E-state index in [-0.39, 0.29) is 13.0 Å². The number of anilines is 1. The molecule has 2 N–H and O–H groups in total. The standard InChI is InChI=1S/C17H18BrCl2N5O3/c1-10-15(22-16(18)25(10)6-5-14(21)27)23(2)17(28)24(9-26)8-11-3-4-12(19)13(20)7-11/h3-4,7,9H,5-6,8H2,1-2H3,(H2,21,27). The molecule has 0 aliphatic heterocycles. The number of aromatic nitrogens is 2. The Hall–Kier alpha value is -2.10. The van der Waals surface area contributed by atoms with Gasteiger partial charge in [0.2, 0.25) is 12.3 Å². The third-order valence-electron chi connectivity index (χ3n) is 4.05. The van der Waals surface area contributed by atoms with Crippen LogP contribution in [0.3, 0.4) is 0 Å². The van der Waals surface area contributed by atoms with Gasteiger partial charge in [0, 0.05) is 20.0 Å². The van der Waals surface area contributed by atoms with Crippen LogP contribution in [0.2, 0.25) is 10.0 Å². The summed E-state index contributed by atoms with van der Waals surface area (Å²) < 4.78 is 2.16. The SMILES string of the molecule is Cc1c(N(C)C(=O)N(C=O)Cc2ccc(Cl)c(Cl)c2)nc(Br)n1CCC(N)=O. The maximum Gasteiger partial charge on any atom is 0.332 e. The zero-order valence-corrected chi connectivity index (χ0v) is 18.3. The minimum atomic E-state index is -0.573. The highest BCUT2D eigenvalue weighted by atomic mass is 79.9. The summed E-state index contributed by atoms with van der Waals surface area (Å²) >= 11 is 15.2. The van der Waals surface area contributed by atoms with Gasteiger partial charge in [-0.15, -0.1) is 0 Å². The highest BCUT2D eigenvalue weighted by Crippen LogP contribution is 2.26. The van der Waals surface area contributed by atoms with E-state index in [2.05, 4.69) is 20.9 Å². The van der Waals surface area contributed by atoms with Gasteiger partial charge in [-0.1, -0.05) is 29.3 Å². The topological polar surface area (TPSA) is 102 Å². The minimum Gasteiger partial charge on any atom is -0.370 e. The first kappa shape index (κ1) is 22.2. The van der Waals surface area contributed by atoms with Gasteiger partial charge in [0.05, 0.1) is 22.3 Å². The molecule has 0 bridgehead atoms. The van der Waals surface area contributed by atoms with Gasteiger partial charge < -0.3 is 10.3 Å². The van der Waals surface area contributed by atoms with Crippen LogP contribution in [0.15, 0.2) is 22.9 Å². The van der Waals surface area contributed by atoms with Gasteiger partial charge in [-0.2, -0.15) is 0 Å². The summed E-state index contributed by atoms with van der Waals surface area (Å²) in [6.45, 7) is 2.09. The number of carbonyl (C=O) groups is 3. The Morgan fingerprint density at radius 2 is 2.00 bits per heavy atom. The second-order valence-corrected chi connectivity index (χ2v) is 7.50. The van der Waals surface area contributed by atoms with E-state index in [1.54, 1.807) is 29.7 Å². The average Bonchev–Trinajstić information content (AvgIpc) is 2.93. The molecule has 1 heterocycles. The molecule has 0 atom stereocenters. The zero-order chi connectivity index (χ0) is 21.0. The molecular formula is C17H18BrCl2N5O3. The molecule has 28 heavy (non-hydrogen) atoms. The first-order valence-electron chi connectivity index (χ1n) is 8.10. The molecule has 1 aromatic heterocycles. The molecule has 150 valence electrons. The van der Waals surface area contributed by atoms with Crippen LogP contribution in [0.25, 0.3) is 0 Å². The lowest BCUT2D eigenvalue weighted by Crippen LogP contribution is -2.40. The van der Waals surface area contributed by atoms with Gasteiger partial charge in [-0.25, -0.2) is 9.78 Å². The molecule has 0 saturated carbocycles. The number of benzene rings is 1. The summed E-state index contributed by atoms with van der Waals surface area (Å²) in [7, 11) is 1.51. The molecule has 4 amide bonds. The summed E-state index contributed by atoms with van der Waals surface area (Å²) in [5, 5.41) is 0.715. The summed E-state index contributed by atoms with van der Waals surface area (Å²) in [5.41, 5.74) is 6.48. The van der Waals surface area contributed by atoms with Crippen LogP contribution in [-0.4, -0.2) is 39.8 Å². The summed E-state index contributed by atoms with van der Waals surface area (Å²) in [5.74, 6) is -0.0953. The predicted molar refractivity (Wildman–Crippen MR) is 110 cm³/mol. The lowest BCUT2D eigenvalue weighted by Gasteiger charge is -2.23. The smallest absolute Gasteiger partial charge is 0.332 e. The number of halogens is 3. The maximum absolute atomic E-state index is 12.8. The molecule has 0 unspecified atom stereocenters. The Morgan fingerprint density at radius 1 is 1.32 bits per heavy atom. The quantitative estimate of drug-likeness (QED) is 0.601. The summed E-state index contributed by atoms with van der Waals surface area (Å²) in [4.78, 5) is 41.9. The van der Waals surface area contributed by atoms with Crippen LogP contribution >= 0.6 is 39.1 Å². The monoisotopic (exact) mass is 489 g/mol. The van der Waals surface area contributed by atoms with Crippen molar-refractivity contribution in [1.29, 1.82) is 0 Å². The Balaban J connectivity index is 2.21. The van der Waals surface area contributed by atoms with Crippen LogP contribution in [0.4, 0.5) is 10.6 Å². The third kappa shape index (κ3) is 5.03. The average molecular weight is 491 g/mol. The number of carbonyl (C=O) groups excluding carboxylic acids is 3. The van der Waals surface area contributed by atoms with Gasteiger partial charge in [0.25, 0.3) is 0 Å². The number of hydrogen-bond acceptors (Lipinski definition) is 4. The predicted octanol–water partition coefficient (Wildman–Crippen LogP) is 3.35. The van der Waals surface area contributed by atoms with Crippen LogP contribution in [0.5, 0.6) is 0 Å². The number of nitrogens with zero attached hydrogens (tertiary/aromatic N) is 4. The van der Waals surface area contributed by atoms with E-state index in [1.165, 1.54) is 11.9 Å². The summed E-state index contributed by atoms with van der Waals surface area (Å²) in [6.07, 6.45) is 0.570. The molecule has 0 radical (unpaired) electrons. The fourth-order valence-electron chi connectivity index (χ4n) is 2.56. The molecule has 2 rings (SSSR count). The van der Waals surface area contributed by atoms with Crippen LogP contribution < -0.4 is 10.6 Å². The minimum absolute atomic E-state index is 0.0200. The lowest BCUT2D eigenvalue weighted by atomic mass is 10.2. The number of imide groups is 1. The number of nitrogens with two attached hydrogens (primary N) is 1. The van der Waals surface area contributed by atoms with Crippen LogP contribution in [-0.2, 0) is 22.7 Å². The molecular weight excluding hydrogens is 473 g/mol. The molecule has 0 aliphatic carbocycles.